The number of hydrogen-bond acceptors (Lipinski definition) is 3. The number of carbonyl (C=O) groups is 1. The first kappa shape index (κ1) is 20.9. The molecular formula is C24H24FN3O3S. The Labute approximate surface area is 186 Å². The number of para-hydroxylation sites is 1. The molecule has 5 rings (SSSR count). The SMILES string of the molecule is O=C([C@H]1CCCN1S(=O)(=O)c1ccc(F)cc1)N1CC=C(c2c[nH]c3ccccc23)CC1. The molecule has 1 saturated heterocycles. The first-order valence-corrected chi connectivity index (χ1v) is 12.2. The van der Waals surface area contributed by atoms with Crippen molar-refractivity contribution < 1.29 is 17.6 Å². The van der Waals surface area contributed by atoms with E-state index >= 15 is 0 Å². The monoisotopic (exact) mass is 453 g/mol. The van der Waals surface area contributed by atoms with Gasteiger partial charge in [0.2, 0.25) is 15.9 Å². The summed E-state index contributed by atoms with van der Waals surface area (Å²) in [6, 6.07) is 12.2. The van der Waals surface area contributed by atoms with Gasteiger partial charge in [-0.15, -0.1) is 0 Å². The first-order chi connectivity index (χ1) is 15.4. The highest BCUT2D eigenvalue weighted by molar-refractivity contribution is 7.89. The van der Waals surface area contributed by atoms with E-state index in [1.54, 1.807) is 4.90 Å². The second-order valence-corrected chi connectivity index (χ2v) is 10.1. The van der Waals surface area contributed by atoms with E-state index in [0.717, 1.165) is 28.6 Å². The van der Waals surface area contributed by atoms with Crippen LogP contribution < -0.4 is 0 Å². The van der Waals surface area contributed by atoms with Gasteiger partial charge in [-0.25, -0.2) is 12.8 Å². The standard InChI is InChI=1S/C24H24FN3O3S/c25-18-7-9-19(10-8-18)32(30,31)28-13-3-6-23(28)24(29)27-14-11-17(12-15-27)21-16-26-22-5-2-1-4-20(21)22/h1-2,4-5,7-11,16,23,26H,3,6,12-15H2/t23-/m1/s1. The van der Waals surface area contributed by atoms with Gasteiger partial charge in [0, 0.05) is 42.3 Å². The molecule has 8 heteroatoms. The van der Waals surface area contributed by atoms with Crippen molar-refractivity contribution in [1.29, 1.82) is 0 Å². The van der Waals surface area contributed by atoms with Gasteiger partial charge in [-0.2, -0.15) is 4.31 Å². The molecule has 3 heterocycles. The van der Waals surface area contributed by atoms with E-state index in [1.807, 2.05) is 24.4 Å². The van der Waals surface area contributed by atoms with Crippen LogP contribution in [-0.2, 0) is 14.8 Å². The van der Waals surface area contributed by atoms with E-state index in [9.17, 15) is 17.6 Å². The number of amides is 1. The Bertz CT molecular complexity index is 1300. The number of benzene rings is 2. The molecule has 1 fully saturated rings. The Balaban J connectivity index is 1.34. The minimum Gasteiger partial charge on any atom is -0.361 e. The first-order valence-electron chi connectivity index (χ1n) is 10.8. The quantitative estimate of drug-likeness (QED) is 0.654. The summed E-state index contributed by atoms with van der Waals surface area (Å²) in [5.41, 5.74) is 3.41. The van der Waals surface area contributed by atoms with Crippen molar-refractivity contribution in [3.8, 4) is 0 Å². The maximum atomic E-state index is 13.3. The highest BCUT2D eigenvalue weighted by Crippen LogP contribution is 2.31. The molecule has 0 bridgehead atoms. The minimum absolute atomic E-state index is 0.0127. The van der Waals surface area contributed by atoms with Gasteiger partial charge in [0.05, 0.1) is 4.90 Å². The number of H-pyrrole nitrogens is 1. The summed E-state index contributed by atoms with van der Waals surface area (Å²) in [5, 5.41) is 1.16. The molecule has 0 saturated carbocycles. The summed E-state index contributed by atoms with van der Waals surface area (Å²) in [6.45, 7) is 1.29. The number of aromatic nitrogens is 1. The van der Waals surface area contributed by atoms with E-state index < -0.39 is 21.9 Å². The third-order valence-electron chi connectivity index (χ3n) is 6.36. The maximum absolute atomic E-state index is 13.3. The Kier molecular flexibility index (Phi) is 5.35. The summed E-state index contributed by atoms with van der Waals surface area (Å²) in [6.07, 6.45) is 5.90. The molecule has 1 amide bonds. The van der Waals surface area contributed by atoms with Crippen molar-refractivity contribution >= 4 is 32.4 Å². The van der Waals surface area contributed by atoms with Crippen molar-refractivity contribution in [2.45, 2.75) is 30.2 Å². The molecule has 2 aliphatic heterocycles. The number of hydrogen-bond donors (Lipinski definition) is 1. The van der Waals surface area contributed by atoms with E-state index in [2.05, 4.69) is 17.1 Å². The fourth-order valence-corrected chi connectivity index (χ4v) is 6.33. The Hall–Kier alpha value is -2.97. The van der Waals surface area contributed by atoms with Crippen LogP contribution in [0.4, 0.5) is 4.39 Å². The summed E-state index contributed by atoms with van der Waals surface area (Å²) in [4.78, 5) is 18.3. The zero-order valence-electron chi connectivity index (χ0n) is 17.5. The van der Waals surface area contributed by atoms with E-state index in [1.165, 1.54) is 22.0 Å². The van der Waals surface area contributed by atoms with Gasteiger partial charge in [0.1, 0.15) is 11.9 Å². The second-order valence-electron chi connectivity index (χ2n) is 8.24. The third kappa shape index (κ3) is 3.63. The summed E-state index contributed by atoms with van der Waals surface area (Å²) in [7, 11) is -3.86. The van der Waals surface area contributed by atoms with E-state index in [0.29, 0.717) is 38.9 Å². The molecule has 1 aromatic heterocycles. The van der Waals surface area contributed by atoms with Crippen LogP contribution in [0.25, 0.3) is 16.5 Å². The molecule has 32 heavy (non-hydrogen) atoms. The Morgan fingerprint density at radius 2 is 1.84 bits per heavy atom. The summed E-state index contributed by atoms with van der Waals surface area (Å²) >= 11 is 0. The molecular weight excluding hydrogens is 429 g/mol. The van der Waals surface area contributed by atoms with Crippen LogP contribution in [0.1, 0.15) is 24.8 Å². The van der Waals surface area contributed by atoms with E-state index in [-0.39, 0.29) is 10.8 Å². The van der Waals surface area contributed by atoms with Crippen molar-refractivity contribution in [3.05, 3.63) is 72.2 Å². The lowest BCUT2D eigenvalue weighted by molar-refractivity contribution is -0.134. The Morgan fingerprint density at radius 1 is 1.06 bits per heavy atom. The number of rotatable bonds is 4. The van der Waals surface area contributed by atoms with Crippen LogP contribution in [0.2, 0.25) is 0 Å². The number of carbonyl (C=O) groups excluding carboxylic acids is 1. The van der Waals surface area contributed by atoms with Crippen molar-refractivity contribution in [2.75, 3.05) is 19.6 Å². The molecule has 2 aliphatic rings. The number of sulfonamides is 1. The predicted molar refractivity (Wildman–Crippen MR) is 121 cm³/mol. The highest BCUT2D eigenvalue weighted by Gasteiger charge is 2.41. The third-order valence-corrected chi connectivity index (χ3v) is 8.29. The predicted octanol–water partition coefficient (Wildman–Crippen LogP) is 3.78. The lowest BCUT2D eigenvalue weighted by atomic mass is 9.98. The van der Waals surface area contributed by atoms with Gasteiger partial charge in [0.25, 0.3) is 0 Å². The molecule has 1 atom stereocenters. The number of aromatic amines is 1. The average molecular weight is 454 g/mol. The van der Waals surface area contributed by atoms with Crippen LogP contribution in [0.15, 0.2) is 65.7 Å². The Morgan fingerprint density at radius 3 is 2.59 bits per heavy atom. The van der Waals surface area contributed by atoms with Crippen molar-refractivity contribution in [1.82, 2.24) is 14.2 Å². The van der Waals surface area contributed by atoms with E-state index in [4.69, 9.17) is 0 Å². The molecule has 6 nitrogen and oxygen atoms in total. The lowest BCUT2D eigenvalue weighted by Gasteiger charge is -2.32. The molecule has 0 radical (unpaired) electrons. The lowest BCUT2D eigenvalue weighted by Crippen LogP contribution is -2.48. The fraction of sp³-hybridized carbons (Fsp3) is 0.292. The molecule has 1 N–H and O–H groups in total. The van der Waals surface area contributed by atoms with Gasteiger partial charge < -0.3 is 9.88 Å². The molecule has 166 valence electrons. The molecule has 0 spiro atoms. The molecule has 2 aromatic carbocycles. The fourth-order valence-electron chi connectivity index (χ4n) is 4.68. The number of fused-ring (bicyclic) bond motifs is 1. The topological polar surface area (TPSA) is 73.5 Å². The maximum Gasteiger partial charge on any atom is 0.243 e. The second kappa shape index (κ2) is 8.18. The van der Waals surface area contributed by atoms with Gasteiger partial charge in [-0.3, -0.25) is 4.79 Å². The van der Waals surface area contributed by atoms with Crippen LogP contribution >= 0.6 is 0 Å². The minimum atomic E-state index is -3.86. The zero-order chi connectivity index (χ0) is 22.3. The molecule has 3 aromatic rings. The highest BCUT2D eigenvalue weighted by atomic mass is 32.2. The van der Waals surface area contributed by atoms with Gasteiger partial charge >= 0.3 is 0 Å². The molecule has 0 aliphatic carbocycles. The van der Waals surface area contributed by atoms with Gasteiger partial charge in [-0.05, 0) is 55.2 Å². The van der Waals surface area contributed by atoms with Crippen molar-refractivity contribution in [2.24, 2.45) is 0 Å². The number of nitrogens with one attached hydrogen (secondary N) is 1. The normalized spacial score (nSPS) is 20.0. The summed E-state index contributed by atoms with van der Waals surface area (Å²) in [5.74, 6) is -0.661. The zero-order valence-corrected chi connectivity index (χ0v) is 18.3. The number of halogens is 1. The van der Waals surface area contributed by atoms with Crippen LogP contribution in [0.3, 0.4) is 0 Å². The average Bonchev–Trinajstić information content (AvgIpc) is 3.47. The smallest absolute Gasteiger partial charge is 0.243 e. The largest absolute Gasteiger partial charge is 0.361 e. The van der Waals surface area contributed by atoms with Gasteiger partial charge in [-0.1, -0.05) is 24.3 Å². The van der Waals surface area contributed by atoms with Crippen LogP contribution in [-0.4, -0.2) is 54.2 Å². The van der Waals surface area contributed by atoms with Crippen LogP contribution in [0.5, 0.6) is 0 Å². The number of nitrogens with zero attached hydrogens (tertiary/aromatic N) is 2. The van der Waals surface area contributed by atoms with Crippen molar-refractivity contribution in [3.63, 3.8) is 0 Å². The summed E-state index contributed by atoms with van der Waals surface area (Å²) < 4.78 is 40.7. The molecule has 0 unspecified atom stereocenters. The van der Waals surface area contributed by atoms with Gasteiger partial charge in [0.15, 0.2) is 0 Å². The van der Waals surface area contributed by atoms with Crippen LogP contribution in [0, 0.1) is 5.82 Å².